The predicted molar refractivity (Wildman–Crippen MR) is 158 cm³/mol. The van der Waals surface area contributed by atoms with Gasteiger partial charge in [-0.2, -0.15) is 0 Å². The fraction of sp³-hybridized carbons (Fsp3) is 0.939. The summed E-state index contributed by atoms with van der Waals surface area (Å²) in [5, 5.41) is 0. The van der Waals surface area contributed by atoms with Crippen LogP contribution >= 0.6 is 0 Å². The van der Waals surface area contributed by atoms with Crippen LogP contribution in [-0.2, 0) is 19.1 Å². The highest BCUT2D eigenvalue weighted by Gasteiger charge is 2.00. The second-order valence-electron chi connectivity index (χ2n) is 11.2. The molecule has 37 heavy (non-hydrogen) atoms. The summed E-state index contributed by atoms with van der Waals surface area (Å²) >= 11 is 0. The van der Waals surface area contributed by atoms with Crippen LogP contribution in [0.3, 0.4) is 0 Å². The van der Waals surface area contributed by atoms with E-state index < -0.39 is 0 Å². The topological polar surface area (TPSA) is 52.6 Å². The SMILES string of the molecule is COC(=O)CCCCCCCCCCCCCCCCCCCCCCCCCCCCCC(=O)OC. The first kappa shape index (κ1) is 35.9. The zero-order valence-electron chi connectivity index (χ0n) is 25.1. The van der Waals surface area contributed by atoms with E-state index in [-0.39, 0.29) is 11.9 Å². The molecule has 0 radical (unpaired) electrons. The van der Waals surface area contributed by atoms with Crippen LogP contribution in [-0.4, -0.2) is 26.2 Å². The predicted octanol–water partition coefficient (Wildman–Crippen LogP) is 10.6. The largest absolute Gasteiger partial charge is 0.469 e. The molecule has 0 aromatic heterocycles. The van der Waals surface area contributed by atoms with E-state index in [1.165, 1.54) is 175 Å². The first-order chi connectivity index (χ1) is 18.2. The van der Waals surface area contributed by atoms with E-state index >= 15 is 0 Å². The van der Waals surface area contributed by atoms with E-state index in [0.717, 1.165) is 12.8 Å². The molecule has 0 aliphatic carbocycles. The van der Waals surface area contributed by atoms with Crippen molar-refractivity contribution in [1.82, 2.24) is 0 Å². The summed E-state index contributed by atoms with van der Waals surface area (Å²) in [7, 11) is 2.94. The molecule has 0 N–H and O–H groups in total. The summed E-state index contributed by atoms with van der Waals surface area (Å²) in [5.41, 5.74) is 0. The fourth-order valence-corrected chi connectivity index (χ4v) is 5.16. The van der Waals surface area contributed by atoms with Crippen LogP contribution in [0.25, 0.3) is 0 Å². The van der Waals surface area contributed by atoms with Gasteiger partial charge in [0, 0.05) is 12.8 Å². The number of carbonyl (C=O) groups is 2. The summed E-state index contributed by atoms with van der Waals surface area (Å²) in [6.45, 7) is 0. The molecular formula is C33H64O4. The Morgan fingerprint density at radius 2 is 0.432 bits per heavy atom. The lowest BCUT2D eigenvalue weighted by Gasteiger charge is -2.04. The maximum absolute atomic E-state index is 11.0. The lowest BCUT2D eigenvalue weighted by Crippen LogP contribution is -1.99. The molecule has 0 unspecified atom stereocenters. The summed E-state index contributed by atoms with van der Waals surface area (Å²) < 4.78 is 9.34. The van der Waals surface area contributed by atoms with Crippen molar-refractivity contribution in [2.45, 2.75) is 186 Å². The van der Waals surface area contributed by atoms with Crippen molar-refractivity contribution in [1.29, 1.82) is 0 Å². The van der Waals surface area contributed by atoms with Crippen LogP contribution < -0.4 is 0 Å². The van der Waals surface area contributed by atoms with Gasteiger partial charge in [-0.15, -0.1) is 0 Å². The van der Waals surface area contributed by atoms with Crippen molar-refractivity contribution in [2.24, 2.45) is 0 Å². The van der Waals surface area contributed by atoms with Crippen molar-refractivity contribution in [3.05, 3.63) is 0 Å². The molecule has 4 heteroatoms. The Morgan fingerprint density at radius 3 is 0.568 bits per heavy atom. The van der Waals surface area contributed by atoms with Crippen LogP contribution in [0.2, 0.25) is 0 Å². The Balaban J connectivity index is 3.05. The first-order valence-electron chi connectivity index (χ1n) is 16.3. The molecule has 0 heterocycles. The van der Waals surface area contributed by atoms with E-state index in [1.54, 1.807) is 0 Å². The Kier molecular flexibility index (Phi) is 30.3. The van der Waals surface area contributed by atoms with E-state index in [0.29, 0.717) is 12.8 Å². The highest BCUT2D eigenvalue weighted by molar-refractivity contribution is 5.69. The number of hydrogen-bond acceptors (Lipinski definition) is 4. The van der Waals surface area contributed by atoms with Crippen LogP contribution in [0.4, 0.5) is 0 Å². The minimum Gasteiger partial charge on any atom is -0.469 e. The van der Waals surface area contributed by atoms with Crippen molar-refractivity contribution in [2.75, 3.05) is 14.2 Å². The highest BCUT2D eigenvalue weighted by Crippen LogP contribution is 2.16. The van der Waals surface area contributed by atoms with Gasteiger partial charge in [0.15, 0.2) is 0 Å². The third-order valence-corrected chi connectivity index (χ3v) is 7.72. The zero-order valence-corrected chi connectivity index (χ0v) is 25.1. The Morgan fingerprint density at radius 1 is 0.297 bits per heavy atom. The van der Waals surface area contributed by atoms with Gasteiger partial charge in [-0.1, -0.05) is 161 Å². The van der Waals surface area contributed by atoms with Gasteiger partial charge in [-0.05, 0) is 12.8 Å². The standard InChI is InChI=1S/C33H64O4/c1-36-32(34)30-28-26-24-22-20-18-16-14-12-10-8-6-4-3-5-7-9-11-13-15-17-19-21-23-25-27-29-31-33(35)37-2/h3-31H2,1-2H3. The molecule has 4 nitrogen and oxygen atoms in total. The van der Waals surface area contributed by atoms with Crippen LogP contribution in [0, 0.1) is 0 Å². The Bertz CT molecular complexity index is 435. The highest BCUT2D eigenvalue weighted by atomic mass is 16.5. The molecule has 0 saturated heterocycles. The Hall–Kier alpha value is -1.06. The van der Waals surface area contributed by atoms with Crippen LogP contribution in [0.15, 0.2) is 0 Å². The third kappa shape index (κ3) is 31.1. The normalized spacial score (nSPS) is 11.1. The molecule has 220 valence electrons. The number of methoxy groups -OCH3 is 2. The van der Waals surface area contributed by atoms with Gasteiger partial charge in [-0.25, -0.2) is 0 Å². The number of ether oxygens (including phenoxy) is 2. The molecule has 0 spiro atoms. The summed E-state index contributed by atoms with van der Waals surface area (Å²) in [6, 6.07) is 0. The fourth-order valence-electron chi connectivity index (χ4n) is 5.16. The zero-order chi connectivity index (χ0) is 27.1. The second-order valence-corrected chi connectivity index (χ2v) is 11.2. The van der Waals surface area contributed by atoms with E-state index in [2.05, 4.69) is 9.47 Å². The molecular weight excluding hydrogens is 460 g/mol. The maximum atomic E-state index is 11.0. The molecule has 0 saturated carbocycles. The van der Waals surface area contributed by atoms with Gasteiger partial charge in [0.2, 0.25) is 0 Å². The van der Waals surface area contributed by atoms with Gasteiger partial charge in [-0.3, -0.25) is 9.59 Å². The summed E-state index contributed by atoms with van der Waals surface area (Å²) in [6.07, 6.45) is 37.6. The number of unbranched alkanes of at least 4 members (excludes halogenated alkanes) is 26. The van der Waals surface area contributed by atoms with Gasteiger partial charge in [0.1, 0.15) is 0 Å². The molecule has 0 aliphatic heterocycles. The van der Waals surface area contributed by atoms with Crippen molar-refractivity contribution >= 4 is 11.9 Å². The lowest BCUT2D eigenvalue weighted by molar-refractivity contribution is -0.141. The quantitative estimate of drug-likeness (QED) is 0.0692. The number of hydrogen-bond donors (Lipinski definition) is 0. The average Bonchev–Trinajstić information content (AvgIpc) is 2.91. The van der Waals surface area contributed by atoms with Crippen LogP contribution in [0.1, 0.15) is 186 Å². The molecule has 0 atom stereocenters. The lowest BCUT2D eigenvalue weighted by atomic mass is 10.0. The summed E-state index contributed by atoms with van der Waals surface area (Å²) in [5.74, 6) is -0.135. The molecule has 0 bridgehead atoms. The van der Waals surface area contributed by atoms with Crippen molar-refractivity contribution < 1.29 is 19.1 Å². The first-order valence-corrected chi connectivity index (χ1v) is 16.3. The smallest absolute Gasteiger partial charge is 0.305 e. The second kappa shape index (κ2) is 31.2. The number of carbonyl (C=O) groups excluding carboxylic acids is 2. The van der Waals surface area contributed by atoms with Crippen LogP contribution in [0.5, 0.6) is 0 Å². The van der Waals surface area contributed by atoms with E-state index in [9.17, 15) is 9.59 Å². The molecule has 0 fully saturated rings. The molecule has 0 aromatic rings. The van der Waals surface area contributed by atoms with Gasteiger partial charge in [0.25, 0.3) is 0 Å². The minimum atomic E-state index is -0.0673. The minimum absolute atomic E-state index is 0.0673. The molecule has 0 amide bonds. The van der Waals surface area contributed by atoms with Crippen molar-refractivity contribution in [3.8, 4) is 0 Å². The van der Waals surface area contributed by atoms with E-state index in [1.807, 2.05) is 0 Å². The summed E-state index contributed by atoms with van der Waals surface area (Å²) in [4.78, 5) is 22.1. The van der Waals surface area contributed by atoms with Gasteiger partial charge >= 0.3 is 11.9 Å². The molecule has 0 aliphatic rings. The van der Waals surface area contributed by atoms with Gasteiger partial charge in [0.05, 0.1) is 14.2 Å². The van der Waals surface area contributed by atoms with Crippen molar-refractivity contribution in [3.63, 3.8) is 0 Å². The molecule has 0 rings (SSSR count). The van der Waals surface area contributed by atoms with E-state index in [4.69, 9.17) is 0 Å². The van der Waals surface area contributed by atoms with Gasteiger partial charge < -0.3 is 9.47 Å². The average molecular weight is 525 g/mol. The third-order valence-electron chi connectivity index (χ3n) is 7.72. The monoisotopic (exact) mass is 524 g/mol. The Labute approximate surface area is 231 Å². The maximum Gasteiger partial charge on any atom is 0.305 e. The molecule has 0 aromatic carbocycles. The number of esters is 2. The number of rotatable bonds is 30.